The third-order valence-electron chi connectivity index (χ3n) is 3.50. The van der Waals surface area contributed by atoms with Crippen molar-refractivity contribution in [2.45, 2.75) is 24.9 Å². The average molecular weight is 248 g/mol. The van der Waals surface area contributed by atoms with Gasteiger partial charge in [0, 0.05) is 12.1 Å². The van der Waals surface area contributed by atoms with E-state index in [1.165, 1.54) is 0 Å². The highest BCUT2D eigenvalue weighted by molar-refractivity contribution is 5.95. The molecule has 0 aromatic heterocycles. The predicted octanol–water partition coefficient (Wildman–Crippen LogP) is 0.632. The van der Waals surface area contributed by atoms with Gasteiger partial charge in [0.05, 0.1) is 12.3 Å². The van der Waals surface area contributed by atoms with Gasteiger partial charge < -0.3 is 20.5 Å². The molecule has 96 valence electrons. The predicted molar refractivity (Wildman–Crippen MR) is 66.5 cm³/mol. The van der Waals surface area contributed by atoms with E-state index in [2.05, 4.69) is 10.6 Å². The molecule has 0 atom stereocenters. The Morgan fingerprint density at radius 2 is 2.28 bits per heavy atom. The zero-order valence-corrected chi connectivity index (χ0v) is 10.0. The Morgan fingerprint density at radius 1 is 1.44 bits per heavy atom. The summed E-state index contributed by atoms with van der Waals surface area (Å²) < 4.78 is 5.30. The number of nitrogens with one attached hydrogen (secondary N) is 2. The van der Waals surface area contributed by atoms with E-state index in [4.69, 9.17) is 4.74 Å². The third-order valence-corrected chi connectivity index (χ3v) is 3.50. The molecule has 5 heteroatoms. The van der Waals surface area contributed by atoms with Crippen molar-refractivity contribution in [3.8, 4) is 5.75 Å². The number of amides is 1. The highest BCUT2D eigenvalue weighted by Gasteiger charge is 2.41. The molecule has 5 nitrogen and oxygen atoms in total. The van der Waals surface area contributed by atoms with E-state index in [9.17, 15) is 9.90 Å². The maximum Gasteiger partial charge on any atom is 0.262 e. The van der Waals surface area contributed by atoms with Gasteiger partial charge in [0.25, 0.3) is 5.91 Å². The van der Waals surface area contributed by atoms with E-state index in [0.717, 1.165) is 24.1 Å². The van der Waals surface area contributed by atoms with Crippen LogP contribution in [0.15, 0.2) is 18.2 Å². The molecule has 1 aromatic rings. The average Bonchev–Trinajstić information content (AvgIpc) is 3.16. The van der Waals surface area contributed by atoms with Crippen molar-refractivity contribution in [3.05, 3.63) is 23.8 Å². The van der Waals surface area contributed by atoms with Crippen LogP contribution in [0.2, 0.25) is 0 Å². The summed E-state index contributed by atoms with van der Waals surface area (Å²) in [5.74, 6) is 0.586. The van der Waals surface area contributed by atoms with Gasteiger partial charge in [-0.05, 0) is 30.5 Å². The topological polar surface area (TPSA) is 70.6 Å². The standard InChI is InChI=1S/C13H16N2O3/c16-8-13(3-4-13)14-6-9-1-2-11-10(5-9)15-12(17)7-18-11/h1-2,5,14,16H,3-4,6-8H2,(H,15,17). The maximum absolute atomic E-state index is 11.2. The molecule has 18 heavy (non-hydrogen) atoms. The van der Waals surface area contributed by atoms with Crippen LogP contribution < -0.4 is 15.4 Å². The van der Waals surface area contributed by atoms with Crippen LogP contribution in [0, 0.1) is 0 Å². The highest BCUT2D eigenvalue weighted by Crippen LogP contribution is 2.35. The molecule has 0 spiro atoms. The number of fused-ring (bicyclic) bond motifs is 1. The molecule has 1 heterocycles. The minimum atomic E-state index is -0.123. The summed E-state index contributed by atoms with van der Waals surface area (Å²) in [6, 6.07) is 5.74. The number of hydrogen-bond acceptors (Lipinski definition) is 4. The zero-order chi connectivity index (χ0) is 12.6. The van der Waals surface area contributed by atoms with Gasteiger partial charge in [0.15, 0.2) is 6.61 Å². The smallest absolute Gasteiger partial charge is 0.262 e. The van der Waals surface area contributed by atoms with Crippen LogP contribution in [-0.2, 0) is 11.3 Å². The quantitative estimate of drug-likeness (QED) is 0.731. The fourth-order valence-corrected chi connectivity index (χ4v) is 2.07. The summed E-state index contributed by atoms with van der Waals surface area (Å²) in [4.78, 5) is 11.2. The first kappa shape index (κ1) is 11.5. The maximum atomic E-state index is 11.2. The van der Waals surface area contributed by atoms with Gasteiger partial charge in [-0.25, -0.2) is 0 Å². The van der Waals surface area contributed by atoms with Crippen molar-refractivity contribution in [2.24, 2.45) is 0 Å². The van der Waals surface area contributed by atoms with Crippen molar-refractivity contribution < 1.29 is 14.6 Å². The Labute approximate surface area is 105 Å². The monoisotopic (exact) mass is 248 g/mol. The lowest BCUT2D eigenvalue weighted by Crippen LogP contribution is -2.34. The van der Waals surface area contributed by atoms with E-state index in [-0.39, 0.29) is 24.7 Å². The van der Waals surface area contributed by atoms with Crippen LogP contribution in [0.25, 0.3) is 0 Å². The Balaban J connectivity index is 1.70. The Hall–Kier alpha value is -1.59. The van der Waals surface area contributed by atoms with Gasteiger partial charge in [0.1, 0.15) is 5.75 Å². The molecule has 0 saturated heterocycles. The van der Waals surface area contributed by atoms with Gasteiger partial charge in [0.2, 0.25) is 0 Å². The lowest BCUT2D eigenvalue weighted by Gasteiger charge is -2.19. The van der Waals surface area contributed by atoms with Gasteiger partial charge in [-0.15, -0.1) is 0 Å². The molecule has 1 amide bonds. The van der Waals surface area contributed by atoms with E-state index in [0.29, 0.717) is 12.3 Å². The highest BCUT2D eigenvalue weighted by atomic mass is 16.5. The molecule has 2 aliphatic rings. The number of anilines is 1. The zero-order valence-electron chi connectivity index (χ0n) is 10.0. The number of hydrogen-bond donors (Lipinski definition) is 3. The normalized spacial score (nSPS) is 19.7. The second-order valence-corrected chi connectivity index (χ2v) is 4.96. The summed E-state index contributed by atoms with van der Waals surface area (Å²) >= 11 is 0. The molecule has 1 aliphatic heterocycles. The molecule has 3 rings (SSSR count). The fourth-order valence-electron chi connectivity index (χ4n) is 2.07. The molecule has 0 radical (unpaired) electrons. The number of aliphatic hydroxyl groups is 1. The minimum absolute atomic E-state index is 0.0738. The van der Waals surface area contributed by atoms with E-state index >= 15 is 0 Å². The van der Waals surface area contributed by atoms with Gasteiger partial charge in [-0.1, -0.05) is 6.07 Å². The van der Waals surface area contributed by atoms with Crippen LogP contribution in [0.3, 0.4) is 0 Å². The molecular formula is C13H16N2O3. The van der Waals surface area contributed by atoms with Crippen molar-refractivity contribution in [1.29, 1.82) is 0 Å². The lowest BCUT2D eigenvalue weighted by molar-refractivity contribution is -0.118. The Morgan fingerprint density at radius 3 is 3.00 bits per heavy atom. The van der Waals surface area contributed by atoms with E-state index in [1.807, 2.05) is 18.2 Å². The molecule has 1 aliphatic carbocycles. The summed E-state index contributed by atoms with van der Waals surface area (Å²) in [6.45, 7) is 0.944. The number of carbonyl (C=O) groups is 1. The lowest BCUT2D eigenvalue weighted by atomic mass is 10.1. The first-order valence-electron chi connectivity index (χ1n) is 6.12. The van der Waals surface area contributed by atoms with Crippen LogP contribution in [0.1, 0.15) is 18.4 Å². The Bertz CT molecular complexity index is 483. The van der Waals surface area contributed by atoms with Crippen LogP contribution >= 0.6 is 0 Å². The summed E-state index contributed by atoms with van der Waals surface area (Å²) in [5, 5.41) is 15.4. The van der Waals surface area contributed by atoms with Crippen molar-refractivity contribution in [1.82, 2.24) is 5.32 Å². The Kier molecular flexibility index (Phi) is 2.72. The van der Waals surface area contributed by atoms with Crippen LogP contribution in [0.4, 0.5) is 5.69 Å². The molecular weight excluding hydrogens is 232 g/mol. The number of ether oxygens (including phenoxy) is 1. The molecule has 1 saturated carbocycles. The second-order valence-electron chi connectivity index (χ2n) is 4.96. The van der Waals surface area contributed by atoms with Crippen LogP contribution in [-0.4, -0.2) is 29.8 Å². The fraction of sp³-hybridized carbons (Fsp3) is 0.462. The van der Waals surface area contributed by atoms with Crippen molar-refractivity contribution in [3.63, 3.8) is 0 Å². The van der Waals surface area contributed by atoms with Gasteiger partial charge >= 0.3 is 0 Å². The molecule has 1 fully saturated rings. The van der Waals surface area contributed by atoms with Crippen LogP contribution in [0.5, 0.6) is 5.75 Å². The van der Waals surface area contributed by atoms with E-state index in [1.54, 1.807) is 0 Å². The largest absolute Gasteiger partial charge is 0.482 e. The summed E-state index contributed by atoms with van der Waals surface area (Å²) in [5.41, 5.74) is 1.72. The number of benzene rings is 1. The number of aliphatic hydroxyl groups excluding tert-OH is 1. The first-order valence-corrected chi connectivity index (χ1v) is 6.12. The first-order chi connectivity index (χ1) is 8.71. The van der Waals surface area contributed by atoms with Gasteiger partial charge in [-0.2, -0.15) is 0 Å². The SMILES string of the molecule is O=C1COc2ccc(CNC3(CO)CC3)cc2N1. The molecule has 0 unspecified atom stereocenters. The number of rotatable bonds is 4. The third kappa shape index (κ3) is 2.19. The van der Waals surface area contributed by atoms with Crippen molar-refractivity contribution >= 4 is 11.6 Å². The molecule has 3 N–H and O–H groups in total. The summed E-state index contributed by atoms with van der Waals surface area (Å²) in [7, 11) is 0. The molecule has 1 aromatic carbocycles. The number of carbonyl (C=O) groups excluding carboxylic acids is 1. The second kappa shape index (κ2) is 4.26. The van der Waals surface area contributed by atoms with Crippen molar-refractivity contribution in [2.75, 3.05) is 18.5 Å². The summed E-state index contributed by atoms with van der Waals surface area (Å²) in [6.07, 6.45) is 2.04. The van der Waals surface area contributed by atoms with E-state index < -0.39 is 0 Å². The van der Waals surface area contributed by atoms with Gasteiger partial charge in [-0.3, -0.25) is 4.79 Å². The minimum Gasteiger partial charge on any atom is -0.482 e. The molecule has 0 bridgehead atoms.